The number of piperazine rings is 1. The first-order chi connectivity index (χ1) is 9.10. The number of rotatable bonds is 4. The summed E-state index contributed by atoms with van der Waals surface area (Å²) in [6.07, 6.45) is 1.36. The van der Waals surface area contributed by atoms with Crippen LogP contribution in [0, 0.1) is 0 Å². The molecule has 19 heavy (non-hydrogen) atoms. The monoisotopic (exact) mass is 264 g/mol. The smallest absolute Gasteiger partial charge is 0.246 e. The van der Waals surface area contributed by atoms with Gasteiger partial charge in [-0.25, -0.2) is 0 Å². The lowest BCUT2D eigenvalue weighted by Crippen LogP contribution is -2.47. The van der Waals surface area contributed by atoms with Crippen LogP contribution in [0.2, 0.25) is 0 Å². The molecule has 1 aliphatic heterocycles. The number of hydrogen-bond donors (Lipinski definition) is 0. The maximum atomic E-state index is 11.5. The average molecular weight is 264 g/mol. The minimum absolute atomic E-state index is 0.000431. The molecule has 0 bridgehead atoms. The van der Waals surface area contributed by atoms with E-state index in [9.17, 15) is 4.79 Å². The molecule has 1 amide bonds. The Labute approximate surface area is 113 Å². The first-order valence-corrected chi connectivity index (χ1v) is 6.56. The molecule has 0 radical (unpaired) electrons. The number of amides is 1. The van der Waals surface area contributed by atoms with Crippen LogP contribution >= 0.6 is 0 Å². The predicted molar refractivity (Wildman–Crippen MR) is 70.4 cm³/mol. The van der Waals surface area contributed by atoms with E-state index < -0.39 is 0 Å². The Morgan fingerprint density at radius 1 is 1.42 bits per heavy atom. The first kappa shape index (κ1) is 13.7. The predicted octanol–water partition coefficient (Wildman–Crippen LogP) is 1.02. The van der Waals surface area contributed by atoms with Crippen molar-refractivity contribution in [1.29, 1.82) is 0 Å². The summed E-state index contributed by atoms with van der Waals surface area (Å²) in [6, 6.07) is 0. The molecule has 0 aromatic carbocycles. The summed E-state index contributed by atoms with van der Waals surface area (Å²) >= 11 is 0. The van der Waals surface area contributed by atoms with Gasteiger partial charge in [-0.15, -0.1) is 0 Å². The fourth-order valence-corrected chi connectivity index (χ4v) is 2.01. The Morgan fingerprint density at radius 2 is 2.11 bits per heavy atom. The molecule has 1 saturated heterocycles. The second-order valence-corrected chi connectivity index (χ2v) is 5.01. The molecular formula is C13H20N4O2. The molecule has 0 unspecified atom stereocenters. The summed E-state index contributed by atoms with van der Waals surface area (Å²) in [4.78, 5) is 19.8. The topological polar surface area (TPSA) is 62.5 Å². The van der Waals surface area contributed by atoms with Gasteiger partial charge in [-0.2, -0.15) is 4.98 Å². The van der Waals surface area contributed by atoms with Gasteiger partial charge in [0.1, 0.15) is 0 Å². The van der Waals surface area contributed by atoms with Gasteiger partial charge in [0, 0.05) is 32.1 Å². The van der Waals surface area contributed by atoms with Crippen molar-refractivity contribution in [3.05, 3.63) is 24.4 Å². The van der Waals surface area contributed by atoms with Gasteiger partial charge in [-0.3, -0.25) is 9.69 Å². The highest BCUT2D eigenvalue weighted by Crippen LogP contribution is 2.12. The number of nitrogens with zero attached hydrogens (tertiary/aromatic N) is 4. The van der Waals surface area contributed by atoms with Crippen molar-refractivity contribution < 1.29 is 9.32 Å². The Hall–Kier alpha value is -1.69. The van der Waals surface area contributed by atoms with Crippen LogP contribution in [0.3, 0.4) is 0 Å². The highest BCUT2D eigenvalue weighted by molar-refractivity contribution is 5.87. The van der Waals surface area contributed by atoms with Gasteiger partial charge < -0.3 is 9.42 Å². The minimum Gasteiger partial charge on any atom is -0.338 e. The molecule has 0 saturated carbocycles. The molecule has 0 spiro atoms. The number of aromatic nitrogens is 2. The minimum atomic E-state index is -0.000431. The normalized spacial score (nSPS) is 16.9. The van der Waals surface area contributed by atoms with Crippen LogP contribution in [-0.2, 0) is 11.3 Å². The Morgan fingerprint density at radius 3 is 2.63 bits per heavy atom. The Kier molecular flexibility index (Phi) is 4.31. The fraction of sp³-hybridized carbons (Fsp3) is 0.615. The van der Waals surface area contributed by atoms with Gasteiger partial charge in [0.2, 0.25) is 11.8 Å². The van der Waals surface area contributed by atoms with Crippen LogP contribution in [0.15, 0.2) is 17.2 Å². The summed E-state index contributed by atoms with van der Waals surface area (Å²) in [5.41, 5.74) is 0. The van der Waals surface area contributed by atoms with Gasteiger partial charge in [0.05, 0.1) is 6.54 Å². The van der Waals surface area contributed by atoms with Crippen molar-refractivity contribution >= 4 is 5.91 Å². The van der Waals surface area contributed by atoms with Crippen LogP contribution in [0.4, 0.5) is 0 Å². The second-order valence-electron chi connectivity index (χ2n) is 5.01. The van der Waals surface area contributed by atoms with Gasteiger partial charge >= 0.3 is 0 Å². The molecule has 1 aliphatic rings. The van der Waals surface area contributed by atoms with E-state index in [1.165, 1.54) is 6.08 Å². The maximum absolute atomic E-state index is 11.5. The number of carbonyl (C=O) groups is 1. The molecule has 0 aliphatic carbocycles. The summed E-state index contributed by atoms with van der Waals surface area (Å²) in [5, 5.41) is 3.95. The standard InChI is InChI=1S/C13H20N4O2/c1-4-12(18)17-7-5-16(6-8-17)9-11-14-13(10(2)3)15-19-11/h4,10H,1,5-9H2,2-3H3. The van der Waals surface area contributed by atoms with E-state index >= 15 is 0 Å². The Balaban J connectivity index is 1.85. The largest absolute Gasteiger partial charge is 0.338 e. The fourth-order valence-electron chi connectivity index (χ4n) is 2.01. The van der Waals surface area contributed by atoms with Crippen LogP contribution in [0.5, 0.6) is 0 Å². The van der Waals surface area contributed by atoms with E-state index in [1.807, 2.05) is 13.8 Å². The molecule has 6 nitrogen and oxygen atoms in total. The lowest BCUT2D eigenvalue weighted by molar-refractivity contribution is -0.127. The zero-order valence-corrected chi connectivity index (χ0v) is 11.5. The molecule has 2 heterocycles. The highest BCUT2D eigenvalue weighted by atomic mass is 16.5. The highest BCUT2D eigenvalue weighted by Gasteiger charge is 2.21. The third kappa shape index (κ3) is 3.41. The number of carbonyl (C=O) groups excluding carboxylic acids is 1. The summed E-state index contributed by atoms with van der Waals surface area (Å²) in [6.45, 7) is 11.3. The van der Waals surface area contributed by atoms with Crippen LogP contribution in [0.1, 0.15) is 31.5 Å². The van der Waals surface area contributed by atoms with Crippen LogP contribution in [0.25, 0.3) is 0 Å². The van der Waals surface area contributed by atoms with Crippen molar-refractivity contribution in [1.82, 2.24) is 19.9 Å². The van der Waals surface area contributed by atoms with E-state index in [-0.39, 0.29) is 11.8 Å². The van der Waals surface area contributed by atoms with Gasteiger partial charge in [-0.1, -0.05) is 25.6 Å². The molecule has 1 fully saturated rings. The molecule has 0 N–H and O–H groups in total. The van der Waals surface area contributed by atoms with E-state index in [0.717, 1.165) is 32.0 Å². The Bertz CT molecular complexity index is 447. The van der Waals surface area contributed by atoms with Gasteiger partial charge in [0.25, 0.3) is 0 Å². The zero-order valence-electron chi connectivity index (χ0n) is 11.5. The zero-order chi connectivity index (χ0) is 13.8. The molecule has 6 heteroatoms. The lowest BCUT2D eigenvalue weighted by atomic mass is 10.2. The third-order valence-electron chi connectivity index (χ3n) is 3.22. The number of hydrogen-bond acceptors (Lipinski definition) is 5. The molecule has 104 valence electrons. The van der Waals surface area contributed by atoms with E-state index in [1.54, 1.807) is 4.90 Å². The van der Waals surface area contributed by atoms with E-state index in [0.29, 0.717) is 12.4 Å². The van der Waals surface area contributed by atoms with Crippen molar-refractivity contribution in [3.63, 3.8) is 0 Å². The first-order valence-electron chi connectivity index (χ1n) is 6.56. The van der Waals surface area contributed by atoms with E-state index in [4.69, 9.17) is 4.52 Å². The molecule has 1 aromatic heterocycles. The second kappa shape index (κ2) is 5.97. The van der Waals surface area contributed by atoms with Crippen molar-refractivity contribution in [2.45, 2.75) is 26.3 Å². The molecular weight excluding hydrogens is 244 g/mol. The van der Waals surface area contributed by atoms with Gasteiger partial charge in [0.15, 0.2) is 5.82 Å². The average Bonchev–Trinajstić information content (AvgIpc) is 2.87. The summed E-state index contributed by atoms with van der Waals surface area (Å²) in [5.74, 6) is 1.67. The summed E-state index contributed by atoms with van der Waals surface area (Å²) < 4.78 is 5.22. The summed E-state index contributed by atoms with van der Waals surface area (Å²) in [7, 11) is 0. The van der Waals surface area contributed by atoms with E-state index in [2.05, 4.69) is 21.6 Å². The molecule has 0 atom stereocenters. The van der Waals surface area contributed by atoms with Crippen molar-refractivity contribution in [2.24, 2.45) is 0 Å². The maximum Gasteiger partial charge on any atom is 0.246 e. The van der Waals surface area contributed by atoms with Gasteiger partial charge in [-0.05, 0) is 6.08 Å². The molecule has 2 rings (SSSR count). The third-order valence-corrected chi connectivity index (χ3v) is 3.22. The molecule has 1 aromatic rings. The van der Waals surface area contributed by atoms with Crippen LogP contribution in [-0.4, -0.2) is 52.0 Å². The lowest BCUT2D eigenvalue weighted by Gasteiger charge is -2.33. The SMILES string of the molecule is C=CC(=O)N1CCN(Cc2nc(C(C)C)no2)CC1. The van der Waals surface area contributed by atoms with Crippen LogP contribution < -0.4 is 0 Å². The quantitative estimate of drug-likeness (QED) is 0.760. The van der Waals surface area contributed by atoms with Crippen molar-refractivity contribution in [3.8, 4) is 0 Å². The van der Waals surface area contributed by atoms with Crippen molar-refractivity contribution in [2.75, 3.05) is 26.2 Å².